The molecule has 0 unspecified atom stereocenters. The third-order valence-electron chi connectivity index (χ3n) is 3.31. The van der Waals surface area contributed by atoms with Gasteiger partial charge in [-0.25, -0.2) is 0 Å². The second-order valence-electron chi connectivity index (χ2n) is 4.65. The molecule has 18 heavy (non-hydrogen) atoms. The van der Waals surface area contributed by atoms with Crippen molar-refractivity contribution in [2.24, 2.45) is 0 Å². The second kappa shape index (κ2) is 6.10. The molecule has 0 spiro atoms. The Bertz CT molecular complexity index is 414. The molecule has 0 atom stereocenters. The molecule has 4 heteroatoms. The first kappa shape index (κ1) is 13.2. The van der Waals surface area contributed by atoms with Gasteiger partial charge in [0.25, 0.3) is 0 Å². The average Bonchev–Trinajstić information content (AvgIpc) is 2.39. The van der Waals surface area contributed by atoms with Gasteiger partial charge in [0.15, 0.2) is 0 Å². The van der Waals surface area contributed by atoms with E-state index >= 15 is 0 Å². The van der Waals surface area contributed by atoms with Gasteiger partial charge in [0, 0.05) is 44.2 Å². The van der Waals surface area contributed by atoms with E-state index in [1.807, 2.05) is 4.90 Å². The van der Waals surface area contributed by atoms with Crippen LogP contribution in [0.5, 0.6) is 0 Å². The van der Waals surface area contributed by atoms with Gasteiger partial charge in [-0.2, -0.15) is 0 Å². The van der Waals surface area contributed by atoms with Gasteiger partial charge >= 0.3 is 0 Å². The Morgan fingerprint density at radius 3 is 2.61 bits per heavy atom. The van der Waals surface area contributed by atoms with Crippen molar-refractivity contribution in [3.8, 4) is 0 Å². The third-order valence-corrected chi connectivity index (χ3v) is 3.50. The lowest BCUT2D eigenvalue weighted by Crippen LogP contribution is -2.48. The molecule has 0 N–H and O–H groups in total. The standard InChI is InChI=1S/C14H19ClN2O/c1-12-3-2-4-13(11-12)16-7-9-17(10-8-16)14(18)5-6-15/h2-4,11H,5-10H2,1H3. The van der Waals surface area contributed by atoms with Gasteiger partial charge in [-0.1, -0.05) is 12.1 Å². The van der Waals surface area contributed by atoms with Crippen LogP contribution < -0.4 is 4.90 Å². The maximum atomic E-state index is 11.7. The zero-order valence-corrected chi connectivity index (χ0v) is 11.5. The molecular weight excluding hydrogens is 248 g/mol. The first-order valence-electron chi connectivity index (χ1n) is 6.36. The lowest BCUT2D eigenvalue weighted by atomic mass is 10.2. The molecule has 1 fully saturated rings. The summed E-state index contributed by atoms with van der Waals surface area (Å²) in [6.07, 6.45) is 0.450. The Hall–Kier alpha value is -1.22. The number of hydrogen-bond donors (Lipinski definition) is 0. The number of piperazine rings is 1. The number of rotatable bonds is 3. The van der Waals surface area contributed by atoms with Crippen LogP contribution in [0.2, 0.25) is 0 Å². The van der Waals surface area contributed by atoms with Crippen LogP contribution in [0.3, 0.4) is 0 Å². The first-order valence-corrected chi connectivity index (χ1v) is 6.89. The third kappa shape index (κ3) is 3.16. The highest BCUT2D eigenvalue weighted by atomic mass is 35.5. The van der Waals surface area contributed by atoms with Crippen molar-refractivity contribution in [1.82, 2.24) is 4.90 Å². The maximum absolute atomic E-state index is 11.7. The summed E-state index contributed by atoms with van der Waals surface area (Å²) in [6, 6.07) is 8.50. The fourth-order valence-electron chi connectivity index (χ4n) is 2.28. The minimum atomic E-state index is 0.175. The van der Waals surface area contributed by atoms with Crippen molar-refractivity contribution < 1.29 is 4.79 Å². The van der Waals surface area contributed by atoms with Gasteiger partial charge in [-0.05, 0) is 24.6 Å². The number of carbonyl (C=O) groups excluding carboxylic acids is 1. The van der Waals surface area contributed by atoms with Crippen molar-refractivity contribution >= 4 is 23.2 Å². The topological polar surface area (TPSA) is 23.6 Å². The Kier molecular flexibility index (Phi) is 4.48. The normalized spacial score (nSPS) is 15.9. The van der Waals surface area contributed by atoms with E-state index in [-0.39, 0.29) is 5.91 Å². The van der Waals surface area contributed by atoms with E-state index in [2.05, 4.69) is 36.1 Å². The number of hydrogen-bond acceptors (Lipinski definition) is 2. The molecule has 1 saturated heterocycles. The monoisotopic (exact) mass is 266 g/mol. The first-order chi connectivity index (χ1) is 8.70. The Morgan fingerprint density at radius 1 is 1.28 bits per heavy atom. The molecule has 1 heterocycles. The van der Waals surface area contributed by atoms with E-state index in [0.29, 0.717) is 12.3 Å². The summed E-state index contributed by atoms with van der Waals surface area (Å²) in [5.74, 6) is 0.589. The fourth-order valence-corrected chi connectivity index (χ4v) is 2.44. The lowest BCUT2D eigenvalue weighted by Gasteiger charge is -2.36. The van der Waals surface area contributed by atoms with Gasteiger partial charge in [-0.3, -0.25) is 4.79 Å². The molecule has 0 aliphatic carbocycles. The largest absolute Gasteiger partial charge is 0.368 e. The number of aryl methyl sites for hydroxylation is 1. The van der Waals surface area contributed by atoms with Crippen molar-refractivity contribution in [3.63, 3.8) is 0 Å². The molecule has 1 aliphatic heterocycles. The number of halogens is 1. The molecule has 1 aromatic rings. The number of anilines is 1. The molecule has 0 aromatic heterocycles. The smallest absolute Gasteiger partial charge is 0.223 e. The van der Waals surface area contributed by atoms with Gasteiger partial charge in [0.05, 0.1) is 0 Å². The molecule has 98 valence electrons. The van der Waals surface area contributed by atoms with Crippen LogP contribution in [0.25, 0.3) is 0 Å². The van der Waals surface area contributed by atoms with Crippen LogP contribution in [0.15, 0.2) is 24.3 Å². The summed E-state index contributed by atoms with van der Waals surface area (Å²) in [6.45, 7) is 5.49. The number of alkyl halides is 1. The summed E-state index contributed by atoms with van der Waals surface area (Å²) in [7, 11) is 0. The second-order valence-corrected chi connectivity index (χ2v) is 5.02. The van der Waals surface area contributed by atoms with Crippen LogP contribution in [-0.4, -0.2) is 42.9 Å². The average molecular weight is 267 g/mol. The van der Waals surface area contributed by atoms with E-state index < -0.39 is 0 Å². The van der Waals surface area contributed by atoms with Crippen LogP contribution in [0.4, 0.5) is 5.69 Å². The molecule has 0 saturated carbocycles. The zero-order chi connectivity index (χ0) is 13.0. The summed E-state index contributed by atoms with van der Waals surface area (Å²) in [5.41, 5.74) is 2.52. The number of carbonyl (C=O) groups is 1. The number of amides is 1. The highest BCUT2D eigenvalue weighted by Crippen LogP contribution is 2.18. The number of nitrogens with zero attached hydrogens (tertiary/aromatic N) is 2. The molecule has 2 rings (SSSR count). The van der Waals surface area contributed by atoms with Crippen LogP contribution in [0, 0.1) is 6.92 Å². The predicted molar refractivity (Wildman–Crippen MR) is 75.3 cm³/mol. The minimum absolute atomic E-state index is 0.175. The summed E-state index contributed by atoms with van der Waals surface area (Å²) in [4.78, 5) is 16.0. The molecule has 0 bridgehead atoms. The van der Waals surface area contributed by atoms with E-state index in [1.54, 1.807) is 0 Å². The SMILES string of the molecule is Cc1cccc(N2CCN(C(=O)CCCl)CC2)c1. The van der Waals surface area contributed by atoms with Gasteiger partial charge < -0.3 is 9.80 Å². The minimum Gasteiger partial charge on any atom is -0.368 e. The Labute approximate surface area is 113 Å². The predicted octanol–water partition coefficient (Wildman–Crippen LogP) is 2.27. The Balaban J connectivity index is 1.92. The van der Waals surface area contributed by atoms with E-state index in [1.165, 1.54) is 11.3 Å². The molecule has 0 radical (unpaired) electrons. The Morgan fingerprint density at radius 2 is 2.00 bits per heavy atom. The highest BCUT2D eigenvalue weighted by molar-refractivity contribution is 6.18. The number of benzene rings is 1. The quantitative estimate of drug-likeness (QED) is 0.784. The fraction of sp³-hybridized carbons (Fsp3) is 0.500. The van der Waals surface area contributed by atoms with Gasteiger partial charge in [0.2, 0.25) is 5.91 Å². The highest BCUT2D eigenvalue weighted by Gasteiger charge is 2.20. The van der Waals surface area contributed by atoms with Crippen LogP contribution >= 0.6 is 11.6 Å². The zero-order valence-electron chi connectivity index (χ0n) is 10.7. The van der Waals surface area contributed by atoms with E-state index in [0.717, 1.165) is 26.2 Å². The molecule has 3 nitrogen and oxygen atoms in total. The molecule has 1 amide bonds. The van der Waals surface area contributed by atoms with Gasteiger partial charge in [0.1, 0.15) is 0 Å². The van der Waals surface area contributed by atoms with Crippen molar-refractivity contribution in [1.29, 1.82) is 0 Å². The van der Waals surface area contributed by atoms with E-state index in [4.69, 9.17) is 11.6 Å². The van der Waals surface area contributed by atoms with E-state index in [9.17, 15) is 4.79 Å². The summed E-state index contributed by atoms with van der Waals surface area (Å²) < 4.78 is 0. The summed E-state index contributed by atoms with van der Waals surface area (Å²) >= 11 is 5.60. The van der Waals surface area contributed by atoms with Crippen molar-refractivity contribution in [2.75, 3.05) is 37.0 Å². The summed E-state index contributed by atoms with van der Waals surface area (Å²) in [5, 5.41) is 0. The van der Waals surface area contributed by atoms with Gasteiger partial charge in [-0.15, -0.1) is 11.6 Å². The molecule has 1 aromatic carbocycles. The van der Waals surface area contributed by atoms with Crippen LogP contribution in [0.1, 0.15) is 12.0 Å². The lowest BCUT2D eigenvalue weighted by molar-refractivity contribution is -0.131. The van der Waals surface area contributed by atoms with Crippen LogP contribution in [-0.2, 0) is 4.79 Å². The maximum Gasteiger partial charge on any atom is 0.223 e. The molecule has 1 aliphatic rings. The van der Waals surface area contributed by atoms with Crippen molar-refractivity contribution in [2.45, 2.75) is 13.3 Å². The molecular formula is C14H19ClN2O. The van der Waals surface area contributed by atoms with Crippen molar-refractivity contribution in [3.05, 3.63) is 29.8 Å².